The molecule has 2 aromatic rings. The molecule has 0 spiro atoms. The number of hydrogen-bond donors (Lipinski definition) is 3. The molecule has 4 N–H and O–H groups in total. The van der Waals surface area contributed by atoms with Crippen LogP contribution < -0.4 is 11.1 Å². The zero-order valence-electron chi connectivity index (χ0n) is 16.7. The zero-order chi connectivity index (χ0) is 22.1. The largest absolute Gasteiger partial charge is 0.364 e. The van der Waals surface area contributed by atoms with E-state index in [-0.39, 0.29) is 46.2 Å². The fraction of sp³-hybridized carbons (Fsp3) is 0.429. The van der Waals surface area contributed by atoms with Crippen molar-refractivity contribution >= 4 is 35.0 Å². The number of imidazole rings is 1. The predicted molar refractivity (Wildman–Crippen MR) is 112 cm³/mol. The third kappa shape index (κ3) is 4.56. The Morgan fingerprint density at radius 2 is 1.77 bits per heavy atom. The molecule has 0 aliphatic heterocycles. The number of carbonyl (C=O) groups excluding carboxylic acids is 3. The van der Waals surface area contributed by atoms with Crippen LogP contribution >= 0.6 is 11.6 Å². The number of amides is 3. The number of primary amides is 1. The number of aromatic amines is 1. The third-order valence-electron chi connectivity index (χ3n) is 5.91. The lowest BCUT2D eigenvalue weighted by Crippen LogP contribution is -2.45. The van der Waals surface area contributed by atoms with E-state index >= 15 is 0 Å². The van der Waals surface area contributed by atoms with Gasteiger partial charge in [0.05, 0.1) is 17.0 Å². The van der Waals surface area contributed by atoms with Gasteiger partial charge in [0.1, 0.15) is 11.5 Å². The highest BCUT2D eigenvalue weighted by Crippen LogP contribution is 2.37. The van der Waals surface area contributed by atoms with Crippen molar-refractivity contribution < 1.29 is 18.8 Å². The average molecular weight is 448 g/mol. The number of rotatable bonds is 6. The van der Waals surface area contributed by atoms with Crippen molar-refractivity contribution in [3.8, 4) is 0 Å². The van der Waals surface area contributed by atoms with E-state index in [1.165, 1.54) is 18.5 Å². The van der Waals surface area contributed by atoms with Gasteiger partial charge in [-0.15, -0.1) is 0 Å². The number of hydrogen-bond acceptors (Lipinski definition) is 4. The summed E-state index contributed by atoms with van der Waals surface area (Å²) in [4.78, 5) is 45.9. The molecule has 164 valence electrons. The number of nitrogens with two attached hydrogens (primary N) is 1. The van der Waals surface area contributed by atoms with Gasteiger partial charge in [0.25, 0.3) is 11.8 Å². The topological polar surface area (TPSA) is 121 Å². The van der Waals surface area contributed by atoms with Gasteiger partial charge in [-0.05, 0) is 56.7 Å². The first-order valence-corrected chi connectivity index (χ1v) is 10.6. The van der Waals surface area contributed by atoms with Crippen LogP contribution in [0, 0.1) is 11.7 Å². The molecule has 8 nitrogen and oxygen atoms in total. The second kappa shape index (κ2) is 8.66. The molecule has 0 atom stereocenters. The first-order chi connectivity index (χ1) is 14.8. The lowest BCUT2D eigenvalue weighted by molar-refractivity contribution is -0.121. The number of benzene rings is 1. The standard InChI is InChI=1S/C21H23ClFN5O3/c22-15-9-12(23)3-8-16(15)27-20(30)11-1-4-13(5-2-11)28(14-6-7-14)21(31)18-17(19(24)29)25-10-26-18/h3,8-11,13-14H,1-2,4-7H2,(H2,24,29)(H,25,26)(H,27,30)/t11-,13-. The summed E-state index contributed by atoms with van der Waals surface area (Å²) in [6.45, 7) is 0. The number of nitrogens with one attached hydrogen (secondary N) is 2. The van der Waals surface area contributed by atoms with Gasteiger partial charge in [-0.25, -0.2) is 9.37 Å². The van der Waals surface area contributed by atoms with Gasteiger partial charge in [0.15, 0.2) is 5.69 Å². The van der Waals surface area contributed by atoms with Crippen LogP contribution in [0.1, 0.15) is 59.5 Å². The molecule has 1 heterocycles. The molecular weight excluding hydrogens is 425 g/mol. The molecule has 4 rings (SSSR count). The van der Waals surface area contributed by atoms with E-state index < -0.39 is 11.7 Å². The van der Waals surface area contributed by atoms with Gasteiger partial charge in [0.2, 0.25) is 5.91 Å². The molecular formula is C21H23ClFN5O3. The van der Waals surface area contributed by atoms with Crippen molar-refractivity contribution in [1.29, 1.82) is 0 Å². The number of anilines is 1. The minimum atomic E-state index is -0.726. The molecule has 1 aromatic carbocycles. The monoisotopic (exact) mass is 447 g/mol. The van der Waals surface area contributed by atoms with Crippen LogP contribution in [0.15, 0.2) is 24.5 Å². The molecule has 2 fully saturated rings. The van der Waals surface area contributed by atoms with Crippen molar-refractivity contribution in [3.63, 3.8) is 0 Å². The number of halogens is 2. The quantitative estimate of drug-likeness (QED) is 0.629. The summed E-state index contributed by atoms with van der Waals surface area (Å²) >= 11 is 6.00. The summed E-state index contributed by atoms with van der Waals surface area (Å²) in [6, 6.07) is 3.93. The van der Waals surface area contributed by atoms with E-state index in [0.29, 0.717) is 31.4 Å². The number of aromatic nitrogens is 2. The van der Waals surface area contributed by atoms with Crippen LogP contribution in [0.25, 0.3) is 0 Å². The van der Waals surface area contributed by atoms with Crippen molar-refractivity contribution in [1.82, 2.24) is 14.9 Å². The highest BCUT2D eigenvalue weighted by molar-refractivity contribution is 6.33. The zero-order valence-corrected chi connectivity index (χ0v) is 17.5. The molecule has 0 radical (unpaired) electrons. The minimum absolute atomic E-state index is 0.0138. The first-order valence-electron chi connectivity index (χ1n) is 10.3. The maximum Gasteiger partial charge on any atom is 0.275 e. The Balaban J connectivity index is 1.40. The smallest absolute Gasteiger partial charge is 0.275 e. The summed E-state index contributed by atoms with van der Waals surface area (Å²) in [7, 11) is 0. The second-order valence-electron chi connectivity index (χ2n) is 8.05. The van der Waals surface area contributed by atoms with Crippen LogP contribution in [-0.4, -0.2) is 44.7 Å². The Labute approximate surface area is 183 Å². The van der Waals surface area contributed by atoms with E-state index in [4.69, 9.17) is 17.3 Å². The van der Waals surface area contributed by atoms with Crippen LogP contribution in [0.2, 0.25) is 5.02 Å². The van der Waals surface area contributed by atoms with Crippen molar-refractivity contribution in [3.05, 3.63) is 46.8 Å². The Kier molecular flexibility index (Phi) is 5.95. The van der Waals surface area contributed by atoms with Gasteiger partial charge in [0, 0.05) is 18.0 Å². The number of H-pyrrole nitrogens is 1. The molecule has 0 unspecified atom stereocenters. The molecule has 1 aromatic heterocycles. The highest BCUT2D eigenvalue weighted by atomic mass is 35.5. The van der Waals surface area contributed by atoms with Gasteiger partial charge >= 0.3 is 0 Å². The lowest BCUT2D eigenvalue weighted by atomic mass is 9.84. The van der Waals surface area contributed by atoms with Crippen LogP contribution in [0.5, 0.6) is 0 Å². The third-order valence-corrected chi connectivity index (χ3v) is 6.23. The van der Waals surface area contributed by atoms with Crippen LogP contribution in [0.3, 0.4) is 0 Å². The Morgan fingerprint density at radius 1 is 1.13 bits per heavy atom. The Morgan fingerprint density at radius 3 is 2.35 bits per heavy atom. The van der Waals surface area contributed by atoms with Crippen molar-refractivity contribution in [2.75, 3.05) is 5.32 Å². The van der Waals surface area contributed by atoms with Crippen molar-refractivity contribution in [2.24, 2.45) is 11.7 Å². The van der Waals surface area contributed by atoms with Gasteiger partial charge in [-0.2, -0.15) is 0 Å². The maximum absolute atomic E-state index is 13.2. The Hall–Kier alpha value is -2.94. The molecule has 0 bridgehead atoms. The fourth-order valence-electron chi connectivity index (χ4n) is 4.19. The summed E-state index contributed by atoms with van der Waals surface area (Å²) in [5, 5.41) is 2.92. The summed E-state index contributed by atoms with van der Waals surface area (Å²) < 4.78 is 13.2. The molecule has 31 heavy (non-hydrogen) atoms. The summed E-state index contributed by atoms with van der Waals surface area (Å²) in [6.07, 6.45) is 5.64. The van der Waals surface area contributed by atoms with Crippen LogP contribution in [-0.2, 0) is 4.79 Å². The van der Waals surface area contributed by atoms with E-state index in [2.05, 4.69) is 15.3 Å². The maximum atomic E-state index is 13.2. The molecule has 2 aliphatic carbocycles. The van der Waals surface area contributed by atoms with E-state index in [1.807, 2.05) is 4.90 Å². The SMILES string of the molecule is NC(=O)c1[nH]cnc1C(=O)N(C1CC1)[C@H]1CC[C@H](C(=O)Nc2ccc(F)cc2Cl)CC1. The molecule has 3 amide bonds. The predicted octanol–water partition coefficient (Wildman–Crippen LogP) is 3.10. The lowest BCUT2D eigenvalue weighted by Gasteiger charge is -2.36. The van der Waals surface area contributed by atoms with Gasteiger partial charge < -0.3 is 20.9 Å². The molecule has 10 heteroatoms. The highest BCUT2D eigenvalue weighted by Gasteiger charge is 2.41. The number of nitrogens with zero attached hydrogens (tertiary/aromatic N) is 2. The van der Waals surface area contributed by atoms with Gasteiger partial charge in [-0.1, -0.05) is 11.6 Å². The molecule has 2 aliphatic rings. The van der Waals surface area contributed by atoms with E-state index in [0.717, 1.165) is 18.9 Å². The molecule has 0 saturated heterocycles. The van der Waals surface area contributed by atoms with Crippen molar-refractivity contribution in [2.45, 2.75) is 50.6 Å². The first kappa shape index (κ1) is 21.3. The van der Waals surface area contributed by atoms with Gasteiger partial charge in [-0.3, -0.25) is 14.4 Å². The normalized spacial score (nSPS) is 20.8. The average Bonchev–Trinajstić information content (AvgIpc) is 3.44. The Bertz CT molecular complexity index is 1010. The number of carbonyl (C=O) groups is 3. The fourth-order valence-corrected chi connectivity index (χ4v) is 4.41. The second-order valence-corrected chi connectivity index (χ2v) is 8.46. The van der Waals surface area contributed by atoms with E-state index in [9.17, 15) is 18.8 Å². The minimum Gasteiger partial charge on any atom is -0.364 e. The molecule has 2 saturated carbocycles. The van der Waals surface area contributed by atoms with E-state index in [1.54, 1.807) is 0 Å². The van der Waals surface area contributed by atoms with Crippen LogP contribution in [0.4, 0.5) is 10.1 Å². The summed E-state index contributed by atoms with van der Waals surface area (Å²) in [5.74, 6) is -1.88. The summed E-state index contributed by atoms with van der Waals surface area (Å²) in [5.41, 5.74) is 5.78.